The summed E-state index contributed by atoms with van der Waals surface area (Å²) in [4.78, 5) is 24.8. The minimum atomic E-state index is -4.67. The zero-order valence-electron chi connectivity index (χ0n) is 18.7. The zero-order chi connectivity index (χ0) is 26.8. The summed E-state index contributed by atoms with van der Waals surface area (Å²) >= 11 is 0. The van der Waals surface area contributed by atoms with Gasteiger partial charge in [0.15, 0.2) is 17.2 Å². The molecule has 0 spiro atoms. The lowest BCUT2D eigenvalue weighted by Crippen LogP contribution is -2.34. The van der Waals surface area contributed by atoms with Crippen LogP contribution >= 0.6 is 0 Å². The van der Waals surface area contributed by atoms with Crippen molar-refractivity contribution in [2.45, 2.75) is 25.3 Å². The third kappa shape index (κ3) is 6.02. The van der Waals surface area contributed by atoms with E-state index < -0.39 is 36.1 Å². The number of benzene rings is 1. The third-order valence-electron chi connectivity index (χ3n) is 5.37. The van der Waals surface area contributed by atoms with Gasteiger partial charge in [-0.15, -0.1) is 10.2 Å². The van der Waals surface area contributed by atoms with Crippen LogP contribution < -0.4 is 15.5 Å². The van der Waals surface area contributed by atoms with Gasteiger partial charge < -0.3 is 15.5 Å². The second-order valence-corrected chi connectivity index (χ2v) is 7.86. The van der Waals surface area contributed by atoms with Crippen molar-refractivity contribution in [2.75, 3.05) is 23.3 Å². The number of rotatable bonds is 5. The van der Waals surface area contributed by atoms with Gasteiger partial charge in [-0.2, -0.15) is 26.3 Å². The van der Waals surface area contributed by atoms with Crippen molar-refractivity contribution >= 4 is 28.9 Å². The standard InChI is InChI=1S/C22H16F6N8O/c1-29-15-3-2-12(8-14(15)22(26,27)28)36-7-6-13-17(9-36)31-11-32-19(13)33-18-5-4-16(34-35-18)20(37)30-10-21(23,24)25/h2-5,8,11H,6-7,9-10H2,(H,30,37)(H,31,32,33,35). The highest BCUT2D eigenvalue weighted by Gasteiger charge is 2.34. The van der Waals surface area contributed by atoms with E-state index in [4.69, 9.17) is 6.57 Å². The fourth-order valence-corrected chi connectivity index (χ4v) is 3.64. The minimum absolute atomic E-state index is 0.167. The van der Waals surface area contributed by atoms with Crippen molar-refractivity contribution < 1.29 is 31.1 Å². The summed E-state index contributed by atoms with van der Waals surface area (Å²) in [5, 5.41) is 12.0. The topological polar surface area (TPSA) is 100 Å². The van der Waals surface area contributed by atoms with Gasteiger partial charge in [-0.25, -0.2) is 14.8 Å². The van der Waals surface area contributed by atoms with E-state index in [1.807, 2.05) is 0 Å². The Bertz CT molecular complexity index is 1350. The maximum Gasteiger partial charge on any atom is 0.407 e. The lowest BCUT2D eigenvalue weighted by molar-refractivity contribution is -0.136. The Morgan fingerprint density at radius 2 is 1.86 bits per heavy atom. The molecule has 0 aliphatic carbocycles. The first-order chi connectivity index (χ1) is 17.4. The summed E-state index contributed by atoms with van der Waals surface area (Å²) in [5.41, 5.74) is -0.247. The molecule has 3 aromatic rings. The molecule has 0 fully saturated rings. The number of amides is 1. The van der Waals surface area contributed by atoms with Gasteiger partial charge in [-0.05, 0) is 30.7 Å². The van der Waals surface area contributed by atoms with Gasteiger partial charge in [0, 0.05) is 17.8 Å². The Labute approximate surface area is 205 Å². The molecule has 0 radical (unpaired) electrons. The highest BCUT2D eigenvalue weighted by molar-refractivity contribution is 5.92. The van der Waals surface area contributed by atoms with Crippen LogP contribution in [-0.4, -0.2) is 45.3 Å². The van der Waals surface area contributed by atoms with E-state index in [2.05, 4.69) is 30.3 Å². The SMILES string of the molecule is [C-]#[N+]c1ccc(N2CCc3c(ncnc3Nc3ccc(C(=O)NCC(F)(F)F)nn3)C2)cc1C(F)(F)F. The number of halogens is 6. The summed E-state index contributed by atoms with van der Waals surface area (Å²) in [7, 11) is 0. The number of hydrogen-bond donors (Lipinski definition) is 2. The van der Waals surface area contributed by atoms with Crippen LogP contribution in [0.25, 0.3) is 4.85 Å². The lowest BCUT2D eigenvalue weighted by atomic mass is 10.0. The highest BCUT2D eigenvalue weighted by Crippen LogP contribution is 2.39. The van der Waals surface area contributed by atoms with Crippen LogP contribution in [0, 0.1) is 6.57 Å². The number of hydrogen-bond acceptors (Lipinski definition) is 7. The van der Waals surface area contributed by atoms with E-state index >= 15 is 0 Å². The van der Waals surface area contributed by atoms with Crippen LogP contribution in [-0.2, 0) is 19.1 Å². The molecular formula is C22H16F6N8O. The van der Waals surface area contributed by atoms with Crippen molar-refractivity contribution in [3.8, 4) is 0 Å². The molecule has 0 saturated carbocycles. The van der Waals surface area contributed by atoms with Crippen molar-refractivity contribution in [3.63, 3.8) is 0 Å². The molecule has 0 bridgehead atoms. The maximum absolute atomic E-state index is 13.4. The number of anilines is 3. The third-order valence-corrected chi connectivity index (χ3v) is 5.37. The van der Waals surface area contributed by atoms with E-state index in [-0.39, 0.29) is 18.1 Å². The zero-order valence-corrected chi connectivity index (χ0v) is 18.7. The van der Waals surface area contributed by atoms with Crippen LogP contribution in [0.1, 0.15) is 27.3 Å². The lowest BCUT2D eigenvalue weighted by Gasteiger charge is -2.31. The first-order valence-electron chi connectivity index (χ1n) is 10.6. The molecule has 0 unspecified atom stereocenters. The average Bonchev–Trinajstić information content (AvgIpc) is 2.86. The van der Waals surface area contributed by atoms with E-state index in [1.54, 1.807) is 10.2 Å². The van der Waals surface area contributed by atoms with Crippen LogP contribution in [0.4, 0.5) is 49.4 Å². The Kier molecular flexibility index (Phi) is 6.84. The van der Waals surface area contributed by atoms with Crippen LogP contribution in [0.15, 0.2) is 36.7 Å². The largest absolute Gasteiger partial charge is 0.407 e. The molecule has 1 amide bonds. The van der Waals surface area contributed by atoms with Gasteiger partial charge >= 0.3 is 12.4 Å². The number of alkyl halides is 6. The van der Waals surface area contributed by atoms with Crippen LogP contribution in [0.5, 0.6) is 0 Å². The molecule has 2 N–H and O–H groups in total. The summed E-state index contributed by atoms with van der Waals surface area (Å²) in [6, 6.07) is 6.08. The molecule has 37 heavy (non-hydrogen) atoms. The molecule has 15 heteroatoms. The Morgan fingerprint density at radius 3 is 2.51 bits per heavy atom. The average molecular weight is 522 g/mol. The second kappa shape index (κ2) is 9.88. The number of fused-ring (bicyclic) bond motifs is 1. The van der Waals surface area contributed by atoms with Gasteiger partial charge in [-0.1, -0.05) is 6.07 Å². The van der Waals surface area contributed by atoms with Crippen molar-refractivity contribution in [1.29, 1.82) is 0 Å². The fourth-order valence-electron chi connectivity index (χ4n) is 3.64. The molecule has 1 aliphatic heterocycles. The summed E-state index contributed by atoms with van der Waals surface area (Å²) in [6.45, 7) is 6.01. The van der Waals surface area contributed by atoms with Gasteiger partial charge in [0.1, 0.15) is 18.7 Å². The minimum Gasteiger partial charge on any atom is -0.365 e. The number of nitrogens with zero attached hydrogens (tertiary/aromatic N) is 6. The molecule has 3 heterocycles. The number of carbonyl (C=O) groups is 1. The van der Waals surface area contributed by atoms with Gasteiger partial charge in [0.25, 0.3) is 5.91 Å². The highest BCUT2D eigenvalue weighted by atomic mass is 19.4. The van der Waals surface area contributed by atoms with Crippen LogP contribution in [0.2, 0.25) is 0 Å². The van der Waals surface area contributed by atoms with E-state index in [1.165, 1.54) is 24.5 Å². The number of aromatic nitrogens is 4. The Balaban J connectivity index is 1.48. The number of nitrogens with one attached hydrogen (secondary N) is 2. The summed E-state index contributed by atoms with van der Waals surface area (Å²) < 4.78 is 76.9. The van der Waals surface area contributed by atoms with Crippen molar-refractivity contribution in [3.05, 3.63) is 70.6 Å². The maximum atomic E-state index is 13.4. The molecule has 192 valence electrons. The van der Waals surface area contributed by atoms with E-state index in [9.17, 15) is 31.1 Å². The summed E-state index contributed by atoms with van der Waals surface area (Å²) in [6.07, 6.45) is -7.59. The Morgan fingerprint density at radius 1 is 1.08 bits per heavy atom. The first kappa shape index (κ1) is 25.6. The molecule has 0 atom stereocenters. The smallest absolute Gasteiger partial charge is 0.365 e. The second-order valence-electron chi connectivity index (χ2n) is 7.86. The molecule has 2 aromatic heterocycles. The van der Waals surface area contributed by atoms with Crippen LogP contribution in [0.3, 0.4) is 0 Å². The molecule has 4 rings (SSSR count). The Hall–Kier alpha value is -4.48. The van der Waals surface area contributed by atoms with Gasteiger partial charge in [-0.3, -0.25) is 4.79 Å². The predicted octanol–water partition coefficient (Wildman–Crippen LogP) is 4.43. The van der Waals surface area contributed by atoms with Crippen molar-refractivity contribution in [2.24, 2.45) is 0 Å². The molecule has 9 nitrogen and oxygen atoms in total. The predicted molar refractivity (Wildman–Crippen MR) is 118 cm³/mol. The number of carbonyl (C=O) groups excluding carboxylic acids is 1. The van der Waals surface area contributed by atoms with Gasteiger partial charge in [0.2, 0.25) is 0 Å². The van der Waals surface area contributed by atoms with E-state index in [0.717, 1.165) is 12.1 Å². The fraction of sp³-hybridized carbons (Fsp3) is 0.273. The van der Waals surface area contributed by atoms with Crippen molar-refractivity contribution in [1.82, 2.24) is 25.5 Å². The quantitative estimate of drug-likeness (QED) is 0.378. The monoisotopic (exact) mass is 522 g/mol. The molecule has 1 aliphatic rings. The molecular weight excluding hydrogens is 506 g/mol. The summed E-state index contributed by atoms with van der Waals surface area (Å²) in [5.74, 6) is -0.498. The molecule has 0 saturated heterocycles. The normalized spacial score (nSPS) is 13.5. The van der Waals surface area contributed by atoms with E-state index in [0.29, 0.717) is 35.7 Å². The first-order valence-corrected chi connectivity index (χ1v) is 10.6. The molecule has 1 aromatic carbocycles. The van der Waals surface area contributed by atoms with Gasteiger partial charge in [0.05, 0.1) is 24.4 Å².